The molecule has 7 nitrogen and oxygen atoms in total. The van der Waals surface area contributed by atoms with Crippen LogP contribution in [-0.4, -0.2) is 56.2 Å². The number of anilines is 2. The second-order valence-electron chi connectivity index (χ2n) is 5.51. The Morgan fingerprint density at radius 2 is 2.23 bits per heavy atom. The van der Waals surface area contributed by atoms with E-state index in [1.165, 1.54) is 7.11 Å². The first-order valence-electron chi connectivity index (χ1n) is 7.29. The van der Waals surface area contributed by atoms with Gasteiger partial charge in [0.2, 0.25) is 5.91 Å². The lowest BCUT2D eigenvalue weighted by Crippen LogP contribution is -2.43. The minimum Gasteiger partial charge on any atom is -0.453 e. The monoisotopic (exact) mass is 306 g/mol. The maximum atomic E-state index is 12.5. The normalized spacial score (nSPS) is 17.8. The first-order valence-corrected chi connectivity index (χ1v) is 7.29. The number of hydrogen-bond acceptors (Lipinski definition) is 5. The van der Waals surface area contributed by atoms with E-state index in [1.807, 2.05) is 25.1 Å². The van der Waals surface area contributed by atoms with Crippen LogP contribution < -0.4 is 10.2 Å². The highest BCUT2D eigenvalue weighted by Gasteiger charge is 2.29. The molecule has 2 amide bonds. The Kier molecular flexibility index (Phi) is 5.19. The molecule has 1 unspecified atom stereocenters. The van der Waals surface area contributed by atoms with Gasteiger partial charge >= 0.3 is 6.09 Å². The molecule has 0 spiro atoms. The van der Waals surface area contributed by atoms with Crippen LogP contribution in [0.4, 0.5) is 16.3 Å². The van der Waals surface area contributed by atoms with Crippen molar-refractivity contribution < 1.29 is 14.3 Å². The van der Waals surface area contributed by atoms with E-state index in [-0.39, 0.29) is 17.9 Å². The number of pyridine rings is 1. The SMILES string of the molecule is COC(=O)N1CCCC(C(=O)Nc2cccnc2N(C)C)C1. The lowest BCUT2D eigenvalue weighted by molar-refractivity contribution is -0.121. The van der Waals surface area contributed by atoms with Crippen LogP contribution in [0.25, 0.3) is 0 Å². The van der Waals surface area contributed by atoms with Crippen LogP contribution in [0.3, 0.4) is 0 Å². The van der Waals surface area contributed by atoms with E-state index in [0.717, 1.165) is 12.8 Å². The Morgan fingerprint density at radius 3 is 2.91 bits per heavy atom. The van der Waals surface area contributed by atoms with Gasteiger partial charge < -0.3 is 19.9 Å². The van der Waals surface area contributed by atoms with Crippen molar-refractivity contribution >= 4 is 23.5 Å². The molecule has 2 heterocycles. The molecule has 7 heteroatoms. The van der Waals surface area contributed by atoms with Gasteiger partial charge in [0.1, 0.15) is 0 Å². The average molecular weight is 306 g/mol. The molecule has 1 fully saturated rings. The third-order valence-corrected chi connectivity index (χ3v) is 3.69. The highest BCUT2D eigenvalue weighted by molar-refractivity contribution is 5.95. The molecule has 0 saturated carbocycles. The highest BCUT2D eigenvalue weighted by atomic mass is 16.5. The third kappa shape index (κ3) is 3.66. The quantitative estimate of drug-likeness (QED) is 0.917. The van der Waals surface area contributed by atoms with Gasteiger partial charge in [-0.2, -0.15) is 0 Å². The molecule has 1 saturated heterocycles. The zero-order valence-electron chi connectivity index (χ0n) is 13.2. The highest BCUT2D eigenvalue weighted by Crippen LogP contribution is 2.23. The standard InChI is InChI=1S/C15H22N4O3/c1-18(2)13-12(7-4-8-16-13)17-14(20)11-6-5-9-19(10-11)15(21)22-3/h4,7-8,11H,5-6,9-10H2,1-3H3,(H,17,20). The van der Waals surface area contributed by atoms with E-state index in [0.29, 0.717) is 24.6 Å². The lowest BCUT2D eigenvalue weighted by atomic mass is 9.97. The summed E-state index contributed by atoms with van der Waals surface area (Å²) in [5.74, 6) is 0.379. The van der Waals surface area contributed by atoms with Gasteiger partial charge in [-0.15, -0.1) is 0 Å². The van der Waals surface area contributed by atoms with Crippen molar-refractivity contribution in [2.45, 2.75) is 12.8 Å². The number of nitrogens with one attached hydrogen (secondary N) is 1. The maximum Gasteiger partial charge on any atom is 0.409 e. The molecular weight excluding hydrogens is 284 g/mol. The fourth-order valence-electron chi connectivity index (χ4n) is 2.57. The number of piperidine rings is 1. The van der Waals surface area contributed by atoms with Crippen molar-refractivity contribution in [1.29, 1.82) is 0 Å². The van der Waals surface area contributed by atoms with Gasteiger partial charge in [0, 0.05) is 33.4 Å². The van der Waals surface area contributed by atoms with Gasteiger partial charge in [0.25, 0.3) is 0 Å². The molecule has 0 radical (unpaired) electrons. The summed E-state index contributed by atoms with van der Waals surface area (Å²) in [6.45, 7) is 1.02. The Bertz CT molecular complexity index is 547. The molecular formula is C15H22N4O3. The average Bonchev–Trinajstić information content (AvgIpc) is 2.54. The van der Waals surface area contributed by atoms with Crippen molar-refractivity contribution in [2.75, 3.05) is 44.5 Å². The molecule has 2 rings (SSSR count). The molecule has 22 heavy (non-hydrogen) atoms. The second kappa shape index (κ2) is 7.11. The van der Waals surface area contributed by atoms with E-state index in [9.17, 15) is 9.59 Å². The summed E-state index contributed by atoms with van der Waals surface area (Å²) >= 11 is 0. The van der Waals surface area contributed by atoms with Crippen LogP contribution in [0.5, 0.6) is 0 Å². The van der Waals surface area contributed by atoms with E-state index in [2.05, 4.69) is 10.3 Å². The Hall–Kier alpha value is -2.31. The molecule has 0 bridgehead atoms. The second-order valence-corrected chi connectivity index (χ2v) is 5.51. The summed E-state index contributed by atoms with van der Waals surface area (Å²) in [5, 5.41) is 2.92. The van der Waals surface area contributed by atoms with Crippen LogP contribution >= 0.6 is 0 Å². The van der Waals surface area contributed by atoms with Crippen molar-refractivity contribution in [3.8, 4) is 0 Å². The zero-order valence-corrected chi connectivity index (χ0v) is 13.2. The molecule has 1 atom stereocenters. The largest absolute Gasteiger partial charge is 0.453 e. The van der Waals surface area contributed by atoms with Gasteiger partial charge in [0.15, 0.2) is 5.82 Å². The molecule has 120 valence electrons. The fraction of sp³-hybridized carbons (Fsp3) is 0.533. The van der Waals surface area contributed by atoms with Crippen LogP contribution in [0.1, 0.15) is 12.8 Å². The Labute approximate surface area is 130 Å². The van der Waals surface area contributed by atoms with Crippen molar-refractivity contribution in [3.63, 3.8) is 0 Å². The number of carbonyl (C=O) groups excluding carboxylic acids is 2. The number of likely N-dealkylation sites (tertiary alicyclic amines) is 1. The molecule has 1 aromatic rings. The summed E-state index contributed by atoms with van der Waals surface area (Å²) in [6.07, 6.45) is 2.86. The van der Waals surface area contributed by atoms with Crippen molar-refractivity contribution in [2.24, 2.45) is 5.92 Å². The number of amides is 2. The summed E-state index contributed by atoms with van der Waals surface area (Å²) in [5.41, 5.74) is 0.674. The third-order valence-electron chi connectivity index (χ3n) is 3.69. The predicted molar refractivity (Wildman–Crippen MR) is 83.9 cm³/mol. The molecule has 0 aliphatic carbocycles. The van der Waals surface area contributed by atoms with E-state index in [1.54, 1.807) is 17.2 Å². The van der Waals surface area contributed by atoms with E-state index < -0.39 is 0 Å². The predicted octanol–water partition coefficient (Wildman–Crippen LogP) is 1.56. The number of hydrogen-bond donors (Lipinski definition) is 1. The van der Waals surface area contributed by atoms with E-state index >= 15 is 0 Å². The van der Waals surface area contributed by atoms with Gasteiger partial charge in [-0.3, -0.25) is 4.79 Å². The molecule has 1 aliphatic rings. The van der Waals surface area contributed by atoms with Crippen molar-refractivity contribution in [1.82, 2.24) is 9.88 Å². The first-order chi connectivity index (χ1) is 10.5. The van der Waals surface area contributed by atoms with E-state index in [4.69, 9.17) is 4.74 Å². The number of carbonyl (C=O) groups is 2. The minimum atomic E-state index is -0.382. The molecule has 0 aromatic carbocycles. The lowest BCUT2D eigenvalue weighted by Gasteiger charge is -2.31. The minimum absolute atomic E-state index is 0.0929. The Morgan fingerprint density at radius 1 is 1.45 bits per heavy atom. The number of nitrogens with zero attached hydrogens (tertiary/aromatic N) is 3. The topological polar surface area (TPSA) is 74.8 Å². The van der Waals surface area contributed by atoms with Crippen LogP contribution in [0.2, 0.25) is 0 Å². The Balaban J connectivity index is 2.05. The number of aromatic nitrogens is 1. The van der Waals surface area contributed by atoms with Crippen LogP contribution in [-0.2, 0) is 9.53 Å². The summed E-state index contributed by atoms with van der Waals surface area (Å²) in [4.78, 5) is 31.7. The van der Waals surface area contributed by atoms with Crippen LogP contribution in [0, 0.1) is 5.92 Å². The maximum absolute atomic E-state index is 12.5. The van der Waals surface area contributed by atoms with Gasteiger partial charge in [-0.25, -0.2) is 9.78 Å². The number of ether oxygens (including phenoxy) is 1. The first kappa shape index (κ1) is 16.1. The fourth-order valence-corrected chi connectivity index (χ4v) is 2.57. The summed E-state index contributed by atoms with van der Waals surface area (Å²) in [6, 6.07) is 3.60. The zero-order chi connectivity index (χ0) is 16.1. The number of rotatable bonds is 3. The smallest absolute Gasteiger partial charge is 0.409 e. The van der Waals surface area contributed by atoms with Gasteiger partial charge in [-0.05, 0) is 25.0 Å². The molecule has 1 aliphatic heterocycles. The van der Waals surface area contributed by atoms with Crippen LogP contribution in [0.15, 0.2) is 18.3 Å². The van der Waals surface area contributed by atoms with Crippen molar-refractivity contribution in [3.05, 3.63) is 18.3 Å². The summed E-state index contributed by atoms with van der Waals surface area (Å²) < 4.78 is 4.73. The molecule has 1 aromatic heterocycles. The molecule has 1 N–H and O–H groups in total. The van der Waals surface area contributed by atoms with Gasteiger partial charge in [-0.1, -0.05) is 0 Å². The number of methoxy groups -OCH3 is 1. The summed E-state index contributed by atoms with van der Waals surface area (Å²) in [7, 11) is 5.10. The van der Waals surface area contributed by atoms with Gasteiger partial charge in [0.05, 0.1) is 18.7 Å².